The fourth-order valence-corrected chi connectivity index (χ4v) is 5.43. The minimum Gasteiger partial charge on any atom is -0.504 e. The van der Waals surface area contributed by atoms with Gasteiger partial charge in [0.25, 0.3) is 0 Å². The van der Waals surface area contributed by atoms with Crippen LogP contribution < -0.4 is 4.74 Å². The van der Waals surface area contributed by atoms with Crippen LogP contribution in [0.1, 0.15) is 24.0 Å². The summed E-state index contributed by atoms with van der Waals surface area (Å²) in [6, 6.07) is 1.93. The highest BCUT2D eigenvalue weighted by atomic mass is 35.5. The van der Waals surface area contributed by atoms with E-state index in [1.54, 1.807) is 13.2 Å². The number of benzene rings is 1. The molecule has 1 fully saturated rings. The van der Waals surface area contributed by atoms with Crippen molar-refractivity contribution in [2.75, 3.05) is 27.8 Å². The van der Waals surface area contributed by atoms with Crippen molar-refractivity contribution >= 4 is 17.3 Å². The summed E-state index contributed by atoms with van der Waals surface area (Å²) in [5.74, 6) is 1.25. The molecule has 1 aromatic carbocycles. The van der Waals surface area contributed by atoms with Gasteiger partial charge in [0.15, 0.2) is 11.5 Å². The van der Waals surface area contributed by atoms with E-state index in [-0.39, 0.29) is 17.7 Å². The zero-order valence-corrected chi connectivity index (χ0v) is 15.9. The number of halogens is 1. The first-order chi connectivity index (χ1) is 12.5. The Morgan fingerprint density at radius 2 is 2.12 bits per heavy atom. The summed E-state index contributed by atoms with van der Waals surface area (Å²) < 4.78 is 10.8. The monoisotopic (exact) mass is 378 g/mol. The molecular weight excluding hydrogens is 356 g/mol. The molecule has 0 unspecified atom stereocenters. The Labute approximate surface area is 157 Å². The molecule has 1 aromatic rings. The highest BCUT2D eigenvalue weighted by Crippen LogP contribution is 2.59. The Morgan fingerprint density at radius 1 is 1.35 bits per heavy atom. The molecule has 26 heavy (non-hydrogen) atoms. The van der Waals surface area contributed by atoms with Crippen LogP contribution in [-0.4, -0.2) is 54.8 Å². The summed E-state index contributed by atoms with van der Waals surface area (Å²) in [6.07, 6.45) is 4.10. The maximum Gasteiger partial charge on any atom is 0.162 e. The molecule has 2 aliphatic carbocycles. The molecule has 1 heterocycles. The predicted octanol–water partition coefficient (Wildman–Crippen LogP) is 2.93. The second-order valence-corrected chi connectivity index (χ2v) is 7.81. The second-order valence-electron chi connectivity index (χ2n) is 7.41. The third-order valence-corrected chi connectivity index (χ3v) is 6.75. The SMILES string of the molecule is COC1=C[C@H]2[C@@H]3Cc4c(Cl)cc(OC)c(O)c4[C@]2(CCN3C)C/C1=N\O. The van der Waals surface area contributed by atoms with Gasteiger partial charge in [0.05, 0.1) is 14.2 Å². The number of likely N-dealkylation sites (tertiary alicyclic amines) is 1. The lowest BCUT2D eigenvalue weighted by Crippen LogP contribution is -2.60. The van der Waals surface area contributed by atoms with Gasteiger partial charge in [0.2, 0.25) is 0 Å². The topological polar surface area (TPSA) is 74.5 Å². The number of phenols is 1. The van der Waals surface area contributed by atoms with Gasteiger partial charge in [-0.15, -0.1) is 0 Å². The Kier molecular flexibility index (Phi) is 4.08. The molecule has 3 atom stereocenters. The van der Waals surface area contributed by atoms with Gasteiger partial charge in [0.1, 0.15) is 11.5 Å². The fourth-order valence-electron chi connectivity index (χ4n) is 5.16. The summed E-state index contributed by atoms with van der Waals surface area (Å²) in [5.41, 5.74) is 1.91. The van der Waals surface area contributed by atoms with E-state index < -0.39 is 5.41 Å². The lowest BCUT2D eigenvalue weighted by atomic mass is 9.53. The number of aromatic hydroxyl groups is 1. The maximum atomic E-state index is 11.0. The first kappa shape index (κ1) is 17.5. The minimum absolute atomic E-state index is 0.128. The molecule has 6 nitrogen and oxygen atoms in total. The lowest BCUT2D eigenvalue weighted by molar-refractivity contribution is 0.0520. The molecule has 3 aliphatic rings. The molecule has 2 N–H and O–H groups in total. The number of likely N-dealkylation sites (N-methyl/N-ethyl adjacent to an activating group) is 1. The largest absolute Gasteiger partial charge is 0.504 e. The average Bonchev–Trinajstić information content (AvgIpc) is 2.65. The molecule has 0 radical (unpaired) electrons. The van der Waals surface area contributed by atoms with Crippen molar-refractivity contribution in [3.8, 4) is 11.5 Å². The van der Waals surface area contributed by atoms with E-state index in [0.29, 0.717) is 28.7 Å². The summed E-state index contributed by atoms with van der Waals surface area (Å²) in [6.45, 7) is 0.893. The van der Waals surface area contributed by atoms with E-state index in [9.17, 15) is 10.3 Å². The van der Waals surface area contributed by atoms with E-state index in [1.807, 2.05) is 0 Å². The van der Waals surface area contributed by atoms with Crippen molar-refractivity contribution in [1.82, 2.24) is 4.90 Å². The Bertz CT molecular complexity index is 822. The van der Waals surface area contributed by atoms with Crippen LogP contribution in [0.25, 0.3) is 0 Å². The predicted molar refractivity (Wildman–Crippen MR) is 98.5 cm³/mol. The van der Waals surface area contributed by atoms with E-state index in [0.717, 1.165) is 30.5 Å². The highest BCUT2D eigenvalue weighted by molar-refractivity contribution is 6.31. The highest BCUT2D eigenvalue weighted by Gasteiger charge is 2.56. The summed E-state index contributed by atoms with van der Waals surface area (Å²) >= 11 is 6.58. The number of allylic oxidation sites excluding steroid dienone is 1. The van der Waals surface area contributed by atoms with Crippen LogP contribution in [0.4, 0.5) is 0 Å². The molecule has 4 rings (SSSR count). The zero-order chi connectivity index (χ0) is 18.6. The van der Waals surface area contributed by atoms with E-state index in [4.69, 9.17) is 21.1 Å². The number of nitrogens with zero attached hydrogens (tertiary/aromatic N) is 2. The number of oxime groups is 1. The number of hydrogen-bond donors (Lipinski definition) is 2. The van der Waals surface area contributed by atoms with Crippen LogP contribution >= 0.6 is 11.6 Å². The number of phenolic OH excluding ortho intramolecular Hbond substituents is 1. The quantitative estimate of drug-likeness (QED) is 0.611. The van der Waals surface area contributed by atoms with Gasteiger partial charge in [0, 0.05) is 40.4 Å². The van der Waals surface area contributed by atoms with Crippen molar-refractivity contribution in [2.24, 2.45) is 11.1 Å². The van der Waals surface area contributed by atoms with Crippen molar-refractivity contribution in [2.45, 2.75) is 30.7 Å². The van der Waals surface area contributed by atoms with Crippen LogP contribution in [0.5, 0.6) is 11.5 Å². The number of fused-ring (bicyclic) bond motifs is 1. The Balaban J connectivity index is 2.02. The maximum absolute atomic E-state index is 11.0. The van der Waals surface area contributed by atoms with Crippen molar-refractivity contribution in [1.29, 1.82) is 0 Å². The molecule has 7 heteroatoms. The van der Waals surface area contributed by atoms with Gasteiger partial charge >= 0.3 is 0 Å². The van der Waals surface area contributed by atoms with Gasteiger partial charge in [-0.2, -0.15) is 0 Å². The zero-order valence-electron chi connectivity index (χ0n) is 15.1. The molecule has 1 aliphatic heterocycles. The third-order valence-electron chi connectivity index (χ3n) is 6.42. The fraction of sp³-hybridized carbons (Fsp3) is 0.526. The van der Waals surface area contributed by atoms with E-state index >= 15 is 0 Å². The van der Waals surface area contributed by atoms with Crippen molar-refractivity contribution in [3.05, 3.63) is 34.1 Å². The number of ether oxygens (including phenoxy) is 2. The third kappa shape index (κ3) is 2.18. The van der Waals surface area contributed by atoms with Gasteiger partial charge in [-0.3, -0.25) is 0 Å². The molecular formula is C19H23ClN2O4. The van der Waals surface area contributed by atoms with E-state index in [1.165, 1.54) is 7.11 Å². The lowest BCUT2D eigenvalue weighted by Gasteiger charge is -2.57. The molecule has 0 saturated carbocycles. The molecule has 140 valence electrons. The smallest absolute Gasteiger partial charge is 0.162 e. The van der Waals surface area contributed by atoms with E-state index in [2.05, 4.69) is 23.2 Å². The summed E-state index contributed by atoms with van der Waals surface area (Å²) in [4.78, 5) is 2.34. The molecule has 0 amide bonds. The van der Waals surface area contributed by atoms with Gasteiger partial charge < -0.3 is 24.7 Å². The summed E-state index contributed by atoms with van der Waals surface area (Å²) in [5, 5.41) is 24.6. The first-order valence-corrected chi connectivity index (χ1v) is 9.10. The van der Waals surface area contributed by atoms with Crippen molar-refractivity contribution < 1.29 is 19.8 Å². The van der Waals surface area contributed by atoms with Gasteiger partial charge in [-0.05, 0) is 38.1 Å². The Hall–Kier alpha value is -1.92. The standard InChI is InChI=1S/C19H23ClN2O4/c1-22-5-4-19-9-13(21-24)15(25-2)7-11(19)14(22)6-10-12(20)8-16(26-3)18(23)17(10)19/h7-8,11,14,23-24H,4-6,9H2,1-3H3/b21-13+/t11-,14-,19+/m0/s1. The Morgan fingerprint density at radius 3 is 2.77 bits per heavy atom. The second kappa shape index (κ2) is 6.06. The number of rotatable bonds is 2. The minimum atomic E-state index is -0.392. The normalized spacial score (nSPS) is 31.8. The van der Waals surface area contributed by atoms with Gasteiger partial charge in [-0.1, -0.05) is 16.8 Å². The number of piperidine rings is 1. The number of methoxy groups -OCH3 is 2. The molecule has 0 spiro atoms. The van der Waals surface area contributed by atoms with Crippen LogP contribution in [0, 0.1) is 5.92 Å². The molecule has 1 saturated heterocycles. The van der Waals surface area contributed by atoms with Crippen molar-refractivity contribution in [3.63, 3.8) is 0 Å². The van der Waals surface area contributed by atoms with Gasteiger partial charge in [-0.25, -0.2) is 0 Å². The molecule has 0 aromatic heterocycles. The van der Waals surface area contributed by atoms with Crippen LogP contribution in [0.3, 0.4) is 0 Å². The average molecular weight is 379 g/mol. The number of hydrogen-bond acceptors (Lipinski definition) is 6. The molecule has 2 bridgehead atoms. The first-order valence-electron chi connectivity index (χ1n) is 8.73. The van der Waals surface area contributed by atoms with Crippen LogP contribution in [0.15, 0.2) is 23.1 Å². The summed E-state index contributed by atoms with van der Waals surface area (Å²) in [7, 11) is 5.23. The van der Waals surface area contributed by atoms with Crippen LogP contribution in [-0.2, 0) is 16.6 Å². The van der Waals surface area contributed by atoms with Crippen LogP contribution in [0.2, 0.25) is 5.02 Å².